The molecule has 244 valence electrons. The average molecular weight is 657 g/mol. The Morgan fingerprint density at radius 2 is 1.09 bits per heavy atom. The number of nitrogens with zero attached hydrogens (tertiary/aromatic N) is 2. The monoisotopic (exact) mass is 656 g/mol. The number of rotatable bonds is 24. The van der Waals surface area contributed by atoms with Crippen molar-refractivity contribution in [2.24, 2.45) is 0 Å². The molecule has 2 nitrogen and oxygen atoms in total. The lowest BCUT2D eigenvalue weighted by Gasteiger charge is -2.21. The lowest BCUT2D eigenvalue weighted by molar-refractivity contribution is 0.124. The molecule has 0 fully saturated rings. The van der Waals surface area contributed by atoms with Gasteiger partial charge in [0.2, 0.25) is 0 Å². The molecular weight excluding hydrogens is 600 g/mol. The normalized spacial score (nSPS) is 13.3. The van der Waals surface area contributed by atoms with Crippen LogP contribution in [-0.2, 0) is 12.8 Å². The summed E-state index contributed by atoms with van der Waals surface area (Å²) >= 11 is 4.97. The number of thiophene rings is 2. The average Bonchev–Trinajstić information content (AvgIpc) is 3.81. The number of aromatic nitrogens is 1. The Hall–Kier alpha value is -1.50. The first-order chi connectivity index (χ1) is 21.7. The summed E-state index contributed by atoms with van der Waals surface area (Å²) in [6, 6.07) is 4.54. The van der Waals surface area contributed by atoms with Gasteiger partial charge in [0.05, 0.1) is 27.8 Å². The minimum absolute atomic E-state index is 0.300. The first-order valence-corrected chi connectivity index (χ1v) is 20.5. The predicted octanol–water partition coefficient (Wildman–Crippen LogP) is 11.7. The maximum Gasteiger partial charge on any atom is 0.0966 e. The number of halogens is 1. The number of fused-ring (bicyclic) bond motifs is 1. The zero-order valence-electron chi connectivity index (χ0n) is 27.6. The summed E-state index contributed by atoms with van der Waals surface area (Å²) < 4.78 is 21.4. The van der Waals surface area contributed by atoms with Gasteiger partial charge in [-0.15, -0.1) is 22.7 Å². The smallest absolute Gasteiger partial charge is 0.0966 e. The van der Waals surface area contributed by atoms with Crippen LogP contribution >= 0.6 is 34.2 Å². The van der Waals surface area contributed by atoms with Crippen LogP contribution in [-0.4, -0.2) is 16.0 Å². The van der Waals surface area contributed by atoms with Crippen molar-refractivity contribution in [3.05, 3.63) is 59.7 Å². The van der Waals surface area contributed by atoms with Gasteiger partial charge in [-0.1, -0.05) is 134 Å². The molecule has 1 aliphatic rings. The van der Waals surface area contributed by atoms with Gasteiger partial charge in [-0.3, -0.25) is 0 Å². The van der Waals surface area contributed by atoms with Gasteiger partial charge in [0.15, 0.2) is 0 Å². The van der Waals surface area contributed by atoms with E-state index in [9.17, 15) is 0 Å². The molecular formula is C38H57FN2S3. The number of aryl methyl sites for hydroxylation is 2. The standard InChI is InChI=1S/C38H57FN2S3/c1-3-5-7-9-11-13-15-17-19-21-23-31-25-35(42-29-31)34-28-41(39)37(33-27-40-44-38(33)34)36-26-32(30-43-36)24-22-20-18-16-14-12-10-8-6-4-2/h25-27,29-30H,3-24,28H2,1-2H3. The fourth-order valence-corrected chi connectivity index (χ4v) is 9.27. The van der Waals surface area contributed by atoms with Gasteiger partial charge in [0.1, 0.15) is 0 Å². The van der Waals surface area contributed by atoms with Crippen LogP contribution in [0.5, 0.6) is 0 Å². The van der Waals surface area contributed by atoms with Crippen molar-refractivity contribution in [2.45, 2.75) is 155 Å². The van der Waals surface area contributed by atoms with Crippen molar-refractivity contribution in [1.29, 1.82) is 0 Å². The van der Waals surface area contributed by atoms with Crippen LogP contribution in [0.4, 0.5) is 4.48 Å². The van der Waals surface area contributed by atoms with E-state index < -0.39 is 0 Å². The summed E-state index contributed by atoms with van der Waals surface area (Å²) in [4.78, 5) is 2.23. The number of hydrogen-bond acceptors (Lipinski definition) is 5. The lowest BCUT2D eigenvalue weighted by Crippen LogP contribution is -2.37. The van der Waals surface area contributed by atoms with Gasteiger partial charge < -0.3 is 0 Å². The molecule has 0 spiro atoms. The quantitative estimate of drug-likeness (QED) is 0.0704. The predicted molar refractivity (Wildman–Crippen MR) is 194 cm³/mol. The molecule has 0 atom stereocenters. The third-order valence-corrected chi connectivity index (χ3v) is 12.0. The van der Waals surface area contributed by atoms with Crippen LogP contribution < -0.4 is 9.75 Å². The molecule has 0 radical (unpaired) electrons. The Kier molecular flexibility index (Phi) is 16.5. The molecule has 0 saturated carbocycles. The van der Waals surface area contributed by atoms with E-state index in [0.29, 0.717) is 12.2 Å². The highest BCUT2D eigenvalue weighted by Crippen LogP contribution is 2.31. The zero-order valence-corrected chi connectivity index (χ0v) is 30.1. The Morgan fingerprint density at radius 3 is 1.61 bits per heavy atom. The van der Waals surface area contributed by atoms with Crippen LogP contribution in [0.3, 0.4) is 0 Å². The second-order valence-electron chi connectivity index (χ2n) is 12.9. The molecule has 0 aliphatic carbocycles. The molecule has 0 unspecified atom stereocenters. The van der Waals surface area contributed by atoms with Gasteiger partial charge in [-0.2, -0.15) is 4.37 Å². The fraction of sp³-hybridized carbons (Fsp3) is 0.658. The van der Waals surface area contributed by atoms with Crippen LogP contribution in [0.1, 0.15) is 163 Å². The highest BCUT2D eigenvalue weighted by Gasteiger charge is 2.24. The fourth-order valence-electron chi connectivity index (χ4n) is 6.42. The van der Waals surface area contributed by atoms with E-state index in [4.69, 9.17) is 0 Å². The molecule has 3 aromatic heterocycles. The van der Waals surface area contributed by atoms with E-state index in [0.717, 1.165) is 38.2 Å². The van der Waals surface area contributed by atoms with Gasteiger partial charge in [-0.25, -0.2) is 5.12 Å². The Labute approximate surface area is 279 Å². The zero-order chi connectivity index (χ0) is 30.8. The van der Waals surface area contributed by atoms with Crippen molar-refractivity contribution >= 4 is 45.5 Å². The van der Waals surface area contributed by atoms with Crippen molar-refractivity contribution in [3.63, 3.8) is 0 Å². The van der Waals surface area contributed by atoms with E-state index >= 15 is 4.48 Å². The highest BCUT2D eigenvalue weighted by atomic mass is 32.1. The molecule has 0 saturated heterocycles. The maximum absolute atomic E-state index is 15.8. The topological polar surface area (TPSA) is 16.1 Å². The SMILES string of the molecule is CCCCCCCCCCCCc1csc(C2=c3cnsc3=C(c3cc(CCCCCCCCCCCC)cs3)CN2F)c1. The third kappa shape index (κ3) is 11.4. The summed E-state index contributed by atoms with van der Waals surface area (Å²) in [5, 5.41) is 6.46. The van der Waals surface area contributed by atoms with E-state index in [1.54, 1.807) is 22.7 Å². The largest absolute Gasteiger partial charge is 0.205 e. The van der Waals surface area contributed by atoms with Crippen molar-refractivity contribution in [1.82, 2.24) is 9.50 Å². The molecule has 3 aromatic rings. The Bertz CT molecular complexity index is 1320. The van der Waals surface area contributed by atoms with Gasteiger partial charge in [0.25, 0.3) is 0 Å². The van der Waals surface area contributed by atoms with Crippen molar-refractivity contribution in [3.8, 4) is 0 Å². The Morgan fingerprint density at radius 1 is 0.636 bits per heavy atom. The van der Waals surface area contributed by atoms with Gasteiger partial charge >= 0.3 is 0 Å². The maximum atomic E-state index is 15.8. The first kappa shape index (κ1) is 35.4. The second-order valence-corrected chi connectivity index (χ2v) is 15.5. The minimum Gasteiger partial charge on any atom is -0.205 e. The second kappa shape index (κ2) is 20.6. The van der Waals surface area contributed by atoms with E-state index in [1.807, 2.05) is 6.20 Å². The summed E-state index contributed by atoms with van der Waals surface area (Å²) in [5.41, 5.74) is 4.55. The Balaban J connectivity index is 1.26. The highest BCUT2D eigenvalue weighted by molar-refractivity contribution is 7.12. The molecule has 44 heavy (non-hydrogen) atoms. The summed E-state index contributed by atoms with van der Waals surface area (Å²) in [6.07, 6.45) is 31.3. The van der Waals surface area contributed by atoms with Crippen LogP contribution in [0.15, 0.2) is 29.1 Å². The number of hydrogen-bond donors (Lipinski definition) is 0. The van der Waals surface area contributed by atoms with Crippen LogP contribution in [0.25, 0.3) is 11.3 Å². The van der Waals surface area contributed by atoms with Gasteiger partial charge in [0, 0.05) is 15.7 Å². The summed E-state index contributed by atoms with van der Waals surface area (Å²) in [6.45, 7) is 4.86. The summed E-state index contributed by atoms with van der Waals surface area (Å²) in [5.74, 6) is 0. The molecule has 0 aromatic carbocycles. The van der Waals surface area contributed by atoms with E-state index in [1.165, 1.54) is 156 Å². The molecule has 4 rings (SSSR count). The molecule has 0 N–H and O–H groups in total. The first-order valence-electron chi connectivity index (χ1n) is 18.0. The molecule has 6 heteroatoms. The van der Waals surface area contributed by atoms with Crippen LogP contribution in [0.2, 0.25) is 0 Å². The number of unbranched alkanes of at least 4 members (excludes halogenated alkanes) is 18. The van der Waals surface area contributed by atoms with E-state index in [-0.39, 0.29) is 0 Å². The molecule has 4 heterocycles. The van der Waals surface area contributed by atoms with Gasteiger partial charge in [-0.05, 0) is 71.2 Å². The third-order valence-electron chi connectivity index (χ3n) is 9.12. The van der Waals surface area contributed by atoms with E-state index in [2.05, 4.69) is 41.1 Å². The summed E-state index contributed by atoms with van der Waals surface area (Å²) in [7, 11) is 0. The van der Waals surface area contributed by atoms with Crippen molar-refractivity contribution < 1.29 is 4.48 Å². The van der Waals surface area contributed by atoms with Crippen LogP contribution in [0, 0.1) is 0 Å². The molecule has 0 bridgehead atoms. The lowest BCUT2D eigenvalue weighted by atomic mass is 10.0. The molecule has 0 amide bonds. The van der Waals surface area contributed by atoms with Crippen molar-refractivity contribution in [2.75, 3.05) is 6.54 Å². The minimum atomic E-state index is 0.300. The molecule has 1 aliphatic heterocycles.